The van der Waals surface area contributed by atoms with Crippen molar-refractivity contribution in [1.82, 2.24) is 9.80 Å². The van der Waals surface area contributed by atoms with E-state index in [9.17, 15) is 22.8 Å². The normalized spacial score (nSPS) is 17.5. The predicted octanol–water partition coefficient (Wildman–Crippen LogP) is 2.65. The first-order valence-corrected chi connectivity index (χ1v) is 7.10. The summed E-state index contributed by atoms with van der Waals surface area (Å²) in [4.78, 5) is 26.5. The van der Waals surface area contributed by atoms with Crippen LogP contribution in [0.3, 0.4) is 0 Å². The zero-order valence-electron chi connectivity index (χ0n) is 13.6. The molecule has 1 aliphatic rings. The molecule has 2 amide bonds. The van der Waals surface area contributed by atoms with Gasteiger partial charge in [-0.2, -0.15) is 13.2 Å². The van der Waals surface area contributed by atoms with Crippen LogP contribution in [-0.2, 0) is 9.53 Å². The van der Waals surface area contributed by atoms with E-state index in [1.807, 2.05) is 0 Å². The summed E-state index contributed by atoms with van der Waals surface area (Å²) in [5.74, 6) is -0.969. The number of hydrogen-bond acceptors (Lipinski definition) is 3. The molecule has 0 radical (unpaired) electrons. The smallest absolute Gasteiger partial charge is 0.410 e. The maximum absolute atomic E-state index is 12.9. The first-order chi connectivity index (χ1) is 9.75. The van der Waals surface area contributed by atoms with E-state index in [4.69, 9.17) is 4.74 Å². The topological polar surface area (TPSA) is 49.9 Å². The van der Waals surface area contributed by atoms with Crippen molar-refractivity contribution in [2.45, 2.75) is 46.4 Å². The van der Waals surface area contributed by atoms with Gasteiger partial charge < -0.3 is 14.5 Å². The minimum atomic E-state index is -4.60. The number of piperazine rings is 1. The van der Waals surface area contributed by atoms with E-state index in [1.54, 1.807) is 20.8 Å². The Labute approximate surface area is 128 Å². The molecule has 0 unspecified atom stereocenters. The van der Waals surface area contributed by atoms with Crippen LogP contribution in [-0.4, -0.2) is 59.8 Å². The second-order valence-electron chi connectivity index (χ2n) is 6.88. The summed E-state index contributed by atoms with van der Waals surface area (Å²) in [7, 11) is 0. The number of halogens is 3. The van der Waals surface area contributed by atoms with Crippen molar-refractivity contribution in [3.8, 4) is 0 Å². The van der Waals surface area contributed by atoms with E-state index in [2.05, 4.69) is 0 Å². The molecule has 5 nitrogen and oxygen atoms in total. The second-order valence-corrected chi connectivity index (χ2v) is 6.88. The van der Waals surface area contributed by atoms with E-state index in [-0.39, 0.29) is 26.2 Å². The molecule has 1 fully saturated rings. The molecule has 0 aromatic heterocycles. The van der Waals surface area contributed by atoms with Gasteiger partial charge in [-0.05, 0) is 34.6 Å². The Morgan fingerprint density at radius 2 is 1.27 bits per heavy atom. The summed E-state index contributed by atoms with van der Waals surface area (Å²) in [6.45, 7) is 7.40. The molecular weight excluding hydrogens is 301 g/mol. The molecule has 8 heteroatoms. The lowest BCUT2D eigenvalue weighted by Crippen LogP contribution is -2.56. The Balaban J connectivity index is 2.63. The van der Waals surface area contributed by atoms with E-state index in [0.29, 0.717) is 0 Å². The minimum absolute atomic E-state index is 0.0670. The van der Waals surface area contributed by atoms with Crippen LogP contribution >= 0.6 is 0 Å². The Morgan fingerprint density at radius 1 is 0.864 bits per heavy atom. The van der Waals surface area contributed by atoms with Gasteiger partial charge in [-0.25, -0.2) is 4.79 Å². The fraction of sp³-hybridized carbons (Fsp3) is 0.857. The molecule has 1 saturated heterocycles. The van der Waals surface area contributed by atoms with Crippen LogP contribution in [0.15, 0.2) is 0 Å². The Morgan fingerprint density at radius 3 is 1.64 bits per heavy atom. The number of carbonyl (C=O) groups is 2. The lowest BCUT2D eigenvalue weighted by Gasteiger charge is -2.39. The van der Waals surface area contributed by atoms with E-state index in [1.165, 1.54) is 4.90 Å². The van der Waals surface area contributed by atoms with Gasteiger partial charge in [0.05, 0.1) is 0 Å². The van der Waals surface area contributed by atoms with Crippen LogP contribution in [0, 0.1) is 5.41 Å². The maximum Gasteiger partial charge on any atom is 0.410 e. The second kappa shape index (κ2) is 5.96. The van der Waals surface area contributed by atoms with Crippen LogP contribution < -0.4 is 0 Å². The average molecular weight is 324 g/mol. The van der Waals surface area contributed by atoms with Gasteiger partial charge in [-0.1, -0.05) is 0 Å². The Kier molecular flexibility index (Phi) is 5.04. The van der Waals surface area contributed by atoms with Gasteiger partial charge in [-0.15, -0.1) is 0 Å². The third kappa shape index (κ3) is 4.27. The van der Waals surface area contributed by atoms with Gasteiger partial charge in [0.25, 0.3) is 0 Å². The molecule has 0 atom stereocenters. The molecule has 0 aliphatic carbocycles. The number of nitrogens with zero attached hydrogens (tertiary/aromatic N) is 2. The lowest BCUT2D eigenvalue weighted by molar-refractivity contribution is -0.217. The molecule has 1 aliphatic heterocycles. The Bertz CT molecular complexity index is 434. The van der Waals surface area contributed by atoms with Gasteiger partial charge in [0, 0.05) is 26.2 Å². The molecular formula is C14H23F3N2O3. The molecule has 1 rings (SSSR count). The summed E-state index contributed by atoms with van der Waals surface area (Å²) in [6.07, 6.45) is -5.12. The quantitative estimate of drug-likeness (QED) is 0.745. The third-order valence-electron chi connectivity index (χ3n) is 3.46. The van der Waals surface area contributed by atoms with Crippen molar-refractivity contribution in [1.29, 1.82) is 0 Å². The van der Waals surface area contributed by atoms with Crippen LogP contribution in [0.25, 0.3) is 0 Å². The van der Waals surface area contributed by atoms with Crippen LogP contribution in [0.4, 0.5) is 18.0 Å². The van der Waals surface area contributed by atoms with Gasteiger partial charge in [0.1, 0.15) is 11.0 Å². The van der Waals surface area contributed by atoms with Crippen molar-refractivity contribution < 1.29 is 27.5 Å². The summed E-state index contributed by atoms with van der Waals surface area (Å²) in [6, 6.07) is 0. The average Bonchev–Trinajstić information content (AvgIpc) is 2.34. The highest BCUT2D eigenvalue weighted by Crippen LogP contribution is 2.39. The number of rotatable bonds is 1. The summed E-state index contributed by atoms with van der Waals surface area (Å²) in [5, 5.41) is 0. The van der Waals surface area contributed by atoms with Gasteiger partial charge in [0.2, 0.25) is 5.91 Å². The third-order valence-corrected chi connectivity index (χ3v) is 3.46. The van der Waals surface area contributed by atoms with Crippen LogP contribution in [0.5, 0.6) is 0 Å². The Hall–Kier alpha value is -1.47. The van der Waals surface area contributed by atoms with E-state index < -0.39 is 29.2 Å². The number of carbonyl (C=O) groups excluding carboxylic acids is 2. The molecule has 0 saturated carbocycles. The van der Waals surface area contributed by atoms with Crippen molar-refractivity contribution in [3.05, 3.63) is 0 Å². The van der Waals surface area contributed by atoms with Gasteiger partial charge in [0.15, 0.2) is 0 Å². The predicted molar refractivity (Wildman–Crippen MR) is 74.2 cm³/mol. The fourth-order valence-electron chi connectivity index (χ4n) is 1.94. The van der Waals surface area contributed by atoms with Crippen molar-refractivity contribution >= 4 is 12.0 Å². The zero-order chi connectivity index (χ0) is 17.3. The maximum atomic E-state index is 12.9. The summed E-state index contributed by atoms with van der Waals surface area (Å²) >= 11 is 0. The van der Waals surface area contributed by atoms with E-state index in [0.717, 1.165) is 18.7 Å². The first-order valence-electron chi connectivity index (χ1n) is 7.10. The molecule has 0 N–H and O–H groups in total. The molecule has 0 spiro atoms. The van der Waals surface area contributed by atoms with Gasteiger partial charge in [-0.3, -0.25) is 4.79 Å². The standard InChI is InChI=1S/C14H23F3N2O3/c1-12(2,3)22-11(21)19-8-6-18(7-9-19)10(20)13(4,5)14(15,16)17/h6-9H2,1-5H3. The minimum Gasteiger partial charge on any atom is -0.444 e. The number of amides is 2. The molecule has 128 valence electrons. The van der Waals surface area contributed by atoms with Gasteiger partial charge >= 0.3 is 12.3 Å². The van der Waals surface area contributed by atoms with Crippen LogP contribution in [0.1, 0.15) is 34.6 Å². The largest absolute Gasteiger partial charge is 0.444 e. The molecule has 1 heterocycles. The SMILES string of the molecule is CC(C)(C)OC(=O)N1CCN(C(=O)C(C)(C)C(F)(F)F)CC1. The first kappa shape index (κ1) is 18.6. The highest BCUT2D eigenvalue weighted by molar-refractivity contribution is 5.83. The number of ether oxygens (including phenoxy) is 1. The molecule has 22 heavy (non-hydrogen) atoms. The highest BCUT2D eigenvalue weighted by Gasteiger charge is 2.54. The highest BCUT2D eigenvalue weighted by atomic mass is 19.4. The van der Waals surface area contributed by atoms with E-state index >= 15 is 0 Å². The number of alkyl halides is 3. The zero-order valence-corrected chi connectivity index (χ0v) is 13.6. The monoisotopic (exact) mass is 324 g/mol. The summed E-state index contributed by atoms with van der Waals surface area (Å²) in [5.41, 5.74) is -3.07. The van der Waals surface area contributed by atoms with Crippen molar-refractivity contribution in [2.24, 2.45) is 5.41 Å². The van der Waals surface area contributed by atoms with Crippen LogP contribution in [0.2, 0.25) is 0 Å². The molecule has 0 bridgehead atoms. The number of hydrogen-bond donors (Lipinski definition) is 0. The fourth-order valence-corrected chi connectivity index (χ4v) is 1.94. The van der Waals surface area contributed by atoms with Crippen molar-refractivity contribution in [2.75, 3.05) is 26.2 Å². The summed E-state index contributed by atoms with van der Waals surface area (Å²) < 4.78 is 43.9. The lowest BCUT2D eigenvalue weighted by atomic mass is 9.90. The molecule has 0 aromatic carbocycles. The van der Waals surface area contributed by atoms with Crippen molar-refractivity contribution in [3.63, 3.8) is 0 Å². The molecule has 0 aromatic rings.